The van der Waals surface area contributed by atoms with Gasteiger partial charge in [0.05, 0.1) is 5.02 Å². The SMILES string of the molecule is CN(C)C(=O)c1ccc(-c2ccc(Cl)c(F)c2)cn1. The molecule has 0 unspecified atom stereocenters. The molecule has 2 aromatic rings. The van der Waals surface area contributed by atoms with Crippen molar-refractivity contribution in [3.63, 3.8) is 0 Å². The number of hydrogen-bond donors (Lipinski definition) is 0. The number of amides is 1. The minimum absolute atomic E-state index is 0.0797. The molecule has 98 valence electrons. The van der Waals surface area contributed by atoms with Gasteiger partial charge in [-0.3, -0.25) is 9.78 Å². The van der Waals surface area contributed by atoms with Crippen LogP contribution in [0.4, 0.5) is 4.39 Å². The van der Waals surface area contributed by atoms with Gasteiger partial charge in [-0.25, -0.2) is 4.39 Å². The third kappa shape index (κ3) is 2.90. The Morgan fingerprint density at radius 3 is 2.42 bits per heavy atom. The number of carbonyl (C=O) groups is 1. The number of hydrogen-bond acceptors (Lipinski definition) is 2. The Labute approximate surface area is 115 Å². The molecule has 0 aliphatic heterocycles. The molecule has 19 heavy (non-hydrogen) atoms. The summed E-state index contributed by atoms with van der Waals surface area (Å²) >= 11 is 5.63. The van der Waals surface area contributed by atoms with Crippen molar-refractivity contribution in [2.45, 2.75) is 0 Å². The average molecular weight is 279 g/mol. The molecule has 0 N–H and O–H groups in total. The van der Waals surface area contributed by atoms with E-state index >= 15 is 0 Å². The second-order valence-corrected chi connectivity index (χ2v) is 4.67. The van der Waals surface area contributed by atoms with Gasteiger partial charge in [0.25, 0.3) is 5.91 Å². The first kappa shape index (κ1) is 13.5. The number of aromatic nitrogens is 1. The van der Waals surface area contributed by atoms with Gasteiger partial charge in [-0.15, -0.1) is 0 Å². The van der Waals surface area contributed by atoms with Crippen molar-refractivity contribution in [3.8, 4) is 11.1 Å². The highest BCUT2D eigenvalue weighted by Crippen LogP contribution is 2.23. The summed E-state index contributed by atoms with van der Waals surface area (Å²) in [5.74, 6) is -0.651. The molecule has 0 radical (unpaired) electrons. The lowest BCUT2D eigenvalue weighted by Crippen LogP contribution is -2.22. The molecular weight excluding hydrogens is 267 g/mol. The fourth-order valence-electron chi connectivity index (χ4n) is 1.60. The first-order valence-electron chi connectivity index (χ1n) is 5.62. The number of rotatable bonds is 2. The van der Waals surface area contributed by atoms with Gasteiger partial charge in [0.15, 0.2) is 0 Å². The Hall–Kier alpha value is -1.94. The molecule has 1 amide bonds. The zero-order chi connectivity index (χ0) is 14.0. The van der Waals surface area contributed by atoms with E-state index in [4.69, 9.17) is 11.6 Å². The second kappa shape index (κ2) is 5.36. The standard InChI is InChI=1S/C14H12ClFN2O/c1-18(2)14(19)13-6-4-10(8-17-13)9-3-5-11(15)12(16)7-9/h3-8H,1-2H3. The Kier molecular flexibility index (Phi) is 3.81. The van der Waals surface area contributed by atoms with Crippen LogP contribution in [0.15, 0.2) is 36.5 Å². The van der Waals surface area contributed by atoms with Crippen LogP contribution in [0.2, 0.25) is 5.02 Å². The van der Waals surface area contributed by atoms with Crippen molar-refractivity contribution in [2.75, 3.05) is 14.1 Å². The Morgan fingerprint density at radius 1 is 1.21 bits per heavy atom. The molecule has 0 aliphatic carbocycles. The fourth-order valence-corrected chi connectivity index (χ4v) is 1.71. The van der Waals surface area contributed by atoms with E-state index in [9.17, 15) is 9.18 Å². The quantitative estimate of drug-likeness (QED) is 0.845. The molecule has 5 heteroatoms. The molecular formula is C14H12ClFN2O. The van der Waals surface area contributed by atoms with Crippen LogP contribution < -0.4 is 0 Å². The topological polar surface area (TPSA) is 33.2 Å². The van der Waals surface area contributed by atoms with Gasteiger partial charge in [-0.05, 0) is 23.8 Å². The van der Waals surface area contributed by atoms with E-state index in [2.05, 4.69) is 4.98 Å². The fraction of sp³-hybridized carbons (Fsp3) is 0.143. The molecule has 0 saturated heterocycles. The van der Waals surface area contributed by atoms with Crippen LogP contribution in [-0.2, 0) is 0 Å². The van der Waals surface area contributed by atoms with Crippen molar-refractivity contribution in [3.05, 3.63) is 53.1 Å². The summed E-state index contributed by atoms with van der Waals surface area (Å²) in [4.78, 5) is 17.2. The van der Waals surface area contributed by atoms with E-state index in [1.54, 1.807) is 38.5 Å². The summed E-state index contributed by atoms with van der Waals surface area (Å²) in [6.45, 7) is 0. The maximum absolute atomic E-state index is 13.4. The number of benzene rings is 1. The molecule has 0 spiro atoms. The average Bonchev–Trinajstić information content (AvgIpc) is 2.41. The van der Waals surface area contributed by atoms with Crippen LogP contribution in [0.25, 0.3) is 11.1 Å². The van der Waals surface area contributed by atoms with E-state index < -0.39 is 5.82 Å². The van der Waals surface area contributed by atoms with E-state index in [0.717, 1.165) is 5.56 Å². The van der Waals surface area contributed by atoms with E-state index in [0.29, 0.717) is 11.3 Å². The maximum Gasteiger partial charge on any atom is 0.271 e. The second-order valence-electron chi connectivity index (χ2n) is 4.26. The summed E-state index contributed by atoms with van der Waals surface area (Å²) in [7, 11) is 3.32. The summed E-state index contributed by atoms with van der Waals surface area (Å²) in [6, 6.07) is 7.88. The van der Waals surface area contributed by atoms with Gasteiger partial charge in [0, 0.05) is 25.9 Å². The first-order chi connectivity index (χ1) is 8.99. The van der Waals surface area contributed by atoms with Crippen molar-refractivity contribution < 1.29 is 9.18 Å². The van der Waals surface area contributed by atoms with Crippen molar-refractivity contribution in [2.24, 2.45) is 0 Å². The van der Waals surface area contributed by atoms with E-state index in [1.165, 1.54) is 17.0 Å². The third-order valence-corrected chi connectivity index (χ3v) is 2.95. The zero-order valence-electron chi connectivity index (χ0n) is 10.5. The van der Waals surface area contributed by atoms with Gasteiger partial charge in [-0.2, -0.15) is 0 Å². The minimum Gasteiger partial charge on any atom is -0.343 e. The Balaban J connectivity index is 2.32. The van der Waals surface area contributed by atoms with Gasteiger partial charge in [0.2, 0.25) is 0 Å². The molecule has 1 aromatic heterocycles. The van der Waals surface area contributed by atoms with Crippen LogP contribution >= 0.6 is 11.6 Å². The maximum atomic E-state index is 13.4. The monoisotopic (exact) mass is 278 g/mol. The Bertz CT molecular complexity index is 611. The predicted octanol–water partition coefficient (Wildman–Crippen LogP) is 3.24. The van der Waals surface area contributed by atoms with Crippen molar-refractivity contribution >= 4 is 17.5 Å². The molecule has 0 bridgehead atoms. The van der Waals surface area contributed by atoms with Crippen LogP contribution in [0, 0.1) is 5.82 Å². The molecule has 2 rings (SSSR count). The van der Waals surface area contributed by atoms with Crippen LogP contribution in [0.1, 0.15) is 10.5 Å². The summed E-state index contributed by atoms with van der Waals surface area (Å²) in [5, 5.41) is 0.0797. The first-order valence-corrected chi connectivity index (χ1v) is 6.00. The lowest BCUT2D eigenvalue weighted by molar-refractivity contribution is 0.0822. The minimum atomic E-state index is -0.479. The molecule has 0 aliphatic rings. The molecule has 1 aromatic carbocycles. The lowest BCUT2D eigenvalue weighted by atomic mass is 10.1. The van der Waals surface area contributed by atoms with E-state index in [1.807, 2.05) is 0 Å². The molecule has 0 saturated carbocycles. The molecule has 1 heterocycles. The largest absolute Gasteiger partial charge is 0.343 e. The Morgan fingerprint density at radius 2 is 1.89 bits per heavy atom. The highest BCUT2D eigenvalue weighted by Gasteiger charge is 2.10. The lowest BCUT2D eigenvalue weighted by Gasteiger charge is -2.09. The van der Waals surface area contributed by atoms with Crippen LogP contribution in [0.3, 0.4) is 0 Å². The highest BCUT2D eigenvalue weighted by atomic mass is 35.5. The van der Waals surface area contributed by atoms with Crippen LogP contribution in [-0.4, -0.2) is 29.9 Å². The third-order valence-electron chi connectivity index (χ3n) is 2.64. The molecule has 0 fully saturated rings. The predicted molar refractivity (Wildman–Crippen MR) is 72.7 cm³/mol. The smallest absolute Gasteiger partial charge is 0.271 e. The van der Waals surface area contributed by atoms with E-state index in [-0.39, 0.29) is 10.9 Å². The van der Waals surface area contributed by atoms with Gasteiger partial charge >= 0.3 is 0 Å². The van der Waals surface area contributed by atoms with Crippen molar-refractivity contribution in [1.82, 2.24) is 9.88 Å². The number of pyridine rings is 1. The number of halogens is 2. The molecule has 3 nitrogen and oxygen atoms in total. The molecule has 0 atom stereocenters. The van der Waals surface area contributed by atoms with Gasteiger partial charge in [0.1, 0.15) is 11.5 Å². The normalized spacial score (nSPS) is 10.3. The zero-order valence-corrected chi connectivity index (χ0v) is 11.3. The number of carbonyl (C=O) groups excluding carboxylic acids is 1. The number of nitrogens with zero attached hydrogens (tertiary/aromatic N) is 2. The highest BCUT2D eigenvalue weighted by molar-refractivity contribution is 6.30. The van der Waals surface area contributed by atoms with Gasteiger partial charge < -0.3 is 4.90 Å². The summed E-state index contributed by atoms with van der Waals surface area (Å²) < 4.78 is 13.4. The summed E-state index contributed by atoms with van der Waals surface area (Å²) in [5.41, 5.74) is 1.74. The van der Waals surface area contributed by atoms with Crippen LogP contribution in [0.5, 0.6) is 0 Å². The summed E-state index contributed by atoms with van der Waals surface area (Å²) in [6.07, 6.45) is 1.54. The van der Waals surface area contributed by atoms with Gasteiger partial charge in [-0.1, -0.05) is 23.7 Å². The van der Waals surface area contributed by atoms with Crippen molar-refractivity contribution in [1.29, 1.82) is 0 Å².